The van der Waals surface area contributed by atoms with Crippen molar-refractivity contribution in [1.29, 1.82) is 0 Å². The van der Waals surface area contributed by atoms with Gasteiger partial charge in [0.1, 0.15) is 5.15 Å². The topological polar surface area (TPSA) is 79.3 Å². The van der Waals surface area contributed by atoms with E-state index in [-0.39, 0.29) is 22.5 Å². The zero-order valence-corrected chi connectivity index (χ0v) is 12.4. The van der Waals surface area contributed by atoms with Crippen LogP contribution < -0.4 is 5.32 Å². The molecule has 2 N–H and O–H groups in total. The van der Waals surface area contributed by atoms with E-state index in [2.05, 4.69) is 10.3 Å². The van der Waals surface area contributed by atoms with Crippen molar-refractivity contribution in [3.63, 3.8) is 0 Å². The highest BCUT2D eigenvalue weighted by Gasteiger charge is 2.10. The maximum Gasteiger partial charge on any atom is 0.303 e. The molecule has 1 amide bonds. The van der Waals surface area contributed by atoms with Gasteiger partial charge in [-0.25, -0.2) is 4.98 Å². The van der Waals surface area contributed by atoms with E-state index in [9.17, 15) is 9.59 Å². The molecule has 1 heterocycles. The van der Waals surface area contributed by atoms with Crippen molar-refractivity contribution in [2.24, 2.45) is 0 Å². The Balaban J connectivity index is 2.23. The Morgan fingerprint density at radius 2 is 1.90 bits per heavy atom. The third-order valence-electron chi connectivity index (χ3n) is 2.67. The molecule has 0 spiro atoms. The van der Waals surface area contributed by atoms with Gasteiger partial charge in [-0.15, -0.1) is 0 Å². The second-order valence-corrected chi connectivity index (χ2v) is 5.10. The minimum atomic E-state index is -0.775. The number of carbonyl (C=O) groups excluding carboxylic acids is 1. The van der Waals surface area contributed by atoms with Crippen LogP contribution in [0.4, 0.5) is 0 Å². The van der Waals surface area contributed by atoms with Crippen LogP contribution in [0.5, 0.6) is 0 Å². The lowest BCUT2D eigenvalue weighted by atomic mass is 10.1. The van der Waals surface area contributed by atoms with Crippen LogP contribution in [0.15, 0.2) is 12.3 Å². The summed E-state index contributed by atoms with van der Waals surface area (Å²) < 4.78 is 0. The minimum absolute atomic E-state index is 0.192. The number of halogens is 2. The van der Waals surface area contributed by atoms with Gasteiger partial charge in [0.15, 0.2) is 0 Å². The first kappa shape index (κ1) is 16.7. The van der Waals surface area contributed by atoms with Crippen molar-refractivity contribution in [3.05, 3.63) is 28.0 Å². The summed E-state index contributed by atoms with van der Waals surface area (Å²) >= 11 is 11.6. The van der Waals surface area contributed by atoms with Gasteiger partial charge in [0.25, 0.3) is 5.91 Å². The highest BCUT2D eigenvalue weighted by molar-refractivity contribution is 6.35. The van der Waals surface area contributed by atoms with Crippen LogP contribution in [0.2, 0.25) is 10.2 Å². The number of rotatable bonds is 8. The first-order valence-corrected chi connectivity index (χ1v) is 7.07. The lowest BCUT2D eigenvalue weighted by Gasteiger charge is -2.06. The summed E-state index contributed by atoms with van der Waals surface area (Å²) in [6.07, 6.45) is 4.70. The van der Waals surface area contributed by atoms with Crippen molar-refractivity contribution in [2.75, 3.05) is 6.54 Å². The summed E-state index contributed by atoms with van der Waals surface area (Å²) in [5, 5.41) is 11.7. The van der Waals surface area contributed by atoms with Crippen LogP contribution >= 0.6 is 23.2 Å². The number of unbranched alkanes of at least 4 members (excludes halogenated alkanes) is 3. The van der Waals surface area contributed by atoms with E-state index in [1.807, 2.05) is 0 Å². The molecular formula is C13H16Cl2N2O3. The molecule has 1 rings (SSSR count). The first-order chi connectivity index (χ1) is 9.50. The summed E-state index contributed by atoms with van der Waals surface area (Å²) in [6.45, 7) is 0.516. The molecule has 110 valence electrons. The van der Waals surface area contributed by atoms with Crippen molar-refractivity contribution in [1.82, 2.24) is 10.3 Å². The van der Waals surface area contributed by atoms with Crippen molar-refractivity contribution in [3.8, 4) is 0 Å². The minimum Gasteiger partial charge on any atom is -0.481 e. The quantitative estimate of drug-likeness (QED) is 0.570. The Kier molecular flexibility index (Phi) is 7.33. The van der Waals surface area contributed by atoms with E-state index in [1.165, 1.54) is 12.3 Å². The molecule has 0 saturated carbocycles. The molecule has 20 heavy (non-hydrogen) atoms. The molecule has 0 bridgehead atoms. The largest absolute Gasteiger partial charge is 0.481 e. The van der Waals surface area contributed by atoms with E-state index >= 15 is 0 Å². The molecule has 7 heteroatoms. The fourth-order valence-corrected chi connectivity index (χ4v) is 1.99. The normalized spacial score (nSPS) is 10.3. The number of nitrogens with zero attached hydrogens (tertiary/aromatic N) is 1. The number of hydrogen-bond acceptors (Lipinski definition) is 3. The molecule has 0 fully saturated rings. The maximum absolute atomic E-state index is 11.8. The smallest absolute Gasteiger partial charge is 0.303 e. The summed E-state index contributed by atoms with van der Waals surface area (Å²) in [6, 6.07) is 1.42. The van der Waals surface area contributed by atoms with Gasteiger partial charge in [-0.3, -0.25) is 9.59 Å². The SMILES string of the molecule is O=C(O)CCCCCCNC(=O)c1cc(Cl)ncc1Cl. The van der Waals surface area contributed by atoms with Crippen LogP contribution in [0, 0.1) is 0 Å². The summed E-state index contributed by atoms with van der Waals surface area (Å²) in [5.41, 5.74) is 0.303. The first-order valence-electron chi connectivity index (χ1n) is 6.31. The van der Waals surface area contributed by atoms with E-state index < -0.39 is 5.97 Å². The monoisotopic (exact) mass is 318 g/mol. The summed E-state index contributed by atoms with van der Waals surface area (Å²) in [7, 11) is 0. The molecule has 0 aliphatic rings. The third-order valence-corrected chi connectivity index (χ3v) is 3.18. The molecule has 0 atom stereocenters. The Morgan fingerprint density at radius 1 is 1.20 bits per heavy atom. The van der Waals surface area contributed by atoms with E-state index in [1.54, 1.807) is 0 Å². The van der Waals surface area contributed by atoms with E-state index in [0.717, 1.165) is 19.3 Å². The maximum atomic E-state index is 11.8. The number of aromatic nitrogens is 1. The second kappa shape index (κ2) is 8.76. The molecule has 5 nitrogen and oxygen atoms in total. The van der Waals surface area contributed by atoms with Gasteiger partial charge in [0.2, 0.25) is 0 Å². The number of carboxylic acid groups (broad SMARTS) is 1. The third kappa shape index (κ3) is 6.21. The summed E-state index contributed by atoms with van der Waals surface area (Å²) in [4.78, 5) is 25.9. The van der Waals surface area contributed by atoms with E-state index in [4.69, 9.17) is 28.3 Å². The second-order valence-electron chi connectivity index (χ2n) is 4.30. The highest BCUT2D eigenvalue weighted by atomic mass is 35.5. The molecule has 1 aromatic heterocycles. The Morgan fingerprint density at radius 3 is 2.60 bits per heavy atom. The number of carbonyl (C=O) groups is 2. The Bertz CT molecular complexity index is 481. The fraction of sp³-hybridized carbons (Fsp3) is 0.462. The number of nitrogens with one attached hydrogen (secondary N) is 1. The van der Waals surface area contributed by atoms with Crippen LogP contribution in [0.25, 0.3) is 0 Å². The molecule has 1 aromatic rings. The van der Waals surface area contributed by atoms with Crippen molar-refractivity contribution >= 4 is 35.1 Å². The van der Waals surface area contributed by atoms with Gasteiger partial charge < -0.3 is 10.4 Å². The lowest BCUT2D eigenvalue weighted by Crippen LogP contribution is -2.24. The number of amides is 1. The van der Waals surface area contributed by atoms with Gasteiger partial charge in [0, 0.05) is 19.2 Å². The average Bonchev–Trinajstić information content (AvgIpc) is 2.39. The summed E-state index contributed by atoms with van der Waals surface area (Å²) in [5.74, 6) is -1.06. The number of hydrogen-bond donors (Lipinski definition) is 2. The van der Waals surface area contributed by atoms with Gasteiger partial charge in [-0.2, -0.15) is 0 Å². The van der Waals surface area contributed by atoms with E-state index in [0.29, 0.717) is 18.5 Å². The predicted octanol–water partition coefficient (Wildman–Crippen LogP) is 3.15. The fourth-order valence-electron chi connectivity index (χ4n) is 1.64. The Labute approximate surface area is 127 Å². The predicted molar refractivity (Wildman–Crippen MR) is 77.3 cm³/mol. The van der Waals surface area contributed by atoms with Gasteiger partial charge >= 0.3 is 5.97 Å². The molecular weight excluding hydrogens is 303 g/mol. The Hall–Kier alpha value is -1.33. The number of carboxylic acids is 1. The average molecular weight is 319 g/mol. The van der Waals surface area contributed by atoms with Crippen LogP contribution in [0.1, 0.15) is 42.5 Å². The lowest BCUT2D eigenvalue weighted by molar-refractivity contribution is -0.137. The molecule has 0 aliphatic carbocycles. The zero-order chi connectivity index (χ0) is 15.0. The van der Waals surface area contributed by atoms with Crippen molar-refractivity contribution < 1.29 is 14.7 Å². The molecule has 0 unspecified atom stereocenters. The number of pyridine rings is 1. The number of aliphatic carboxylic acids is 1. The van der Waals surface area contributed by atoms with Gasteiger partial charge in [-0.05, 0) is 18.9 Å². The van der Waals surface area contributed by atoms with Crippen LogP contribution in [-0.4, -0.2) is 28.5 Å². The van der Waals surface area contributed by atoms with Crippen LogP contribution in [0.3, 0.4) is 0 Å². The van der Waals surface area contributed by atoms with Crippen molar-refractivity contribution in [2.45, 2.75) is 32.1 Å². The highest BCUT2D eigenvalue weighted by Crippen LogP contribution is 2.17. The molecule has 0 aliphatic heterocycles. The van der Waals surface area contributed by atoms with Gasteiger partial charge in [0.05, 0.1) is 10.6 Å². The molecule has 0 saturated heterocycles. The molecule has 0 radical (unpaired) electrons. The van der Waals surface area contributed by atoms with Crippen LogP contribution in [-0.2, 0) is 4.79 Å². The standard InChI is InChI=1S/C13H16Cl2N2O3/c14-10-8-17-11(15)7-9(10)13(20)16-6-4-2-1-3-5-12(18)19/h7-8H,1-6H2,(H,16,20)(H,18,19). The molecule has 0 aromatic carbocycles. The zero-order valence-electron chi connectivity index (χ0n) is 10.9. The van der Waals surface area contributed by atoms with Gasteiger partial charge in [-0.1, -0.05) is 36.0 Å².